The van der Waals surface area contributed by atoms with Gasteiger partial charge in [0.05, 0.1) is 21.8 Å². The number of para-hydroxylation sites is 1. The molecular weight excluding hydrogens is 412 g/mol. The van der Waals surface area contributed by atoms with Gasteiger partial charge in [0.25, 0.3) is 5.78 Å². The third-order valence-electron chi connectivity index (χ3n) is 5.19. The second-order valence-corrected chi connectivity index (χ2v) is 8.10. The van der Waals surface area contributed by atoms with Crippen LogP contribution < -0.4 is 4.90 Å². The first kappa shape index (κ1) is 19.0. The van der Waals surface area contributed by atoms with Crippen molar-refractivity contribution in [3.63, 3.8) is 0 Å². The molecule has 1 unspecified atom stereocenters. The first-order chi connectivity index (χ1) is 15.0. The molecule has 1 aliphatic heterocycles. The number of carbonyl (C=O) groups excluding carboxylic acids is 2. The number of hydrogen-bond donors (Lipinski definition) is 2. The first-order valence-corrected chi connectivity index (χ1v) is 10.4. The molecule has 1 fully saturated rings. The van der Waals surface area contributed by atoms with E-state index in [0.717, 1.165) is 10.2 Å². The smallest absolute Gasteiger partial charge is 0.301 e. The van der Waals surface area contributed by atoms with Gasteiger partial charge in [0, 0.05) is 5.56 Å². The number of thiazole rings is 1. The Kier molecular flexibility index (Phi) is 4.52. The van der Waals surface area contributed by atoms with Gasteiger partial charge < -0.3 is 10.2 Å². The Labute approximate surface area is 181 Å². The maximum absolute atomic E-state index is 13.1. The molecule has 1 saturated heterocycles. The molecule has 0 aliphatic carbocycles. The van der Waals surface area contributed by atoms with Crippen molar-refractivity contribution >= 4 is 44.1 Å². The second-order valence-electron chi connectivity index (χ2n) is 7.09. The van der Waals surface area contributed by atoms with Crippen LogP contribution in [-0.4, -0.2) is 26.9 Å². The number of aromatic nitrogens is 1. The summed E-state index contributed by atoms with van der Waals surface area (Å²) in [5.41, 5.74) is 1.72. The van der Waals surface area contributed by atoms with Gasteiger partial charge in [0.1, 0.15) is 11.5 Å². The number of amides is 1. The molecule has 0 spiro atoms. The molecule has 5 rings (SSSR count). The van der Waals surface area contributed by atoms with E-state index in [1.54, 1.807) is 42.5 Å². The van der Waals surface area contributed by atoms with Crippen LogP contribution in [0.2, 0.25) is 0 Å². The summed E-state index contributed by atoms with van der Waals surface area (Å²) in [5, 5.41) is 21.1. The number of fused-ring (bicyclic) bond motifs is 1. The average Bonchev–Trinajstić information content (AvgIpc) is 3.33. The molecule has 6 nitrogen and oxygen atoms in total. The number of phenols is 1. The number of anilines is 1. The van der Waals surface area contributed by atoms with Crippen LogP contribution in [-0.2, 0) is 9.59 Å². The van der Waals surface area contributed by atoms with Crippen LogP contribution in [0.15, 0.2) is 84.4 Å². The Morgan fingerprint density at radius 3 is 2.29 bits per heavy atom. The number of aromatic hydroxyl groups is 1. The average molecular weight is 428 g/mol. The van der Waals surface area contributed by atoms with Crippen LogP contribution in [0.5, 0.6) is 5.75 Å². The number of aliphatic hydroxyl groups excluding tert-OH is 1. The van der Waals surface area contributed by atoms with Crippen LogP contribution in [0.4, 0.5) is 5.13 Å². The highest BCUT2D eigenvalue weighted by molar-refractivity contribution is 7.22. The Morgan fingerprint density at radius 1 is 0.903 bits per heavy atom. The normalized spacial score (nSPS) is 18.1. The van der Waals surface area contributed by atoms with Gasteiger partial charge in [-0.15, -0.1) is 0 Å². The van der Waals surface area contributed by atoms with Crippen molar-refractivity contribution in [1.29, 1.82) is 0 Å². The van der Waals surface area contributed by atoms with Crippen molar-refractivity contribution in [1.82, 2.24) is 4.98 Å². The number of rotatable bonds is 3. The largest absolute Gasteiger partial charge is 0.508 e. The number of hydrogen-bond acceptors (Lipinski definition) is 6. The fraction of sp³-hybridized carbons (Fsp3) is 0.0417. The van der Waals surface area contributed by atoms with Gasteiger partial charge in [-0.25, -0.2) is 4.98 Å². The van der Waals surface area contributed by atoms with Gasteiger partial charge in [-0.1, -0.05) is 65.9 Å². The highest BCUT2D eigenvalue weighted by Gasteiger charge is 2.48. The second kappa shape index (κ2) is 7.37. The summed E-state index contributed by atoms with van der Waals surface area (Å²) < 4.78 is 0.881. The van der Waals surface area contributed by atoms with Crippen molar-refractivity contribution in [2.24, 2.45) is 0 Å². The van der Waals surface area contributed by atoms with Crippen molar-refractivity contribution in [3.8, 4) is 5.75 Å². The van der Waals surface area contributed by atoms with Crippen molar-refractivity contribution in [2.45, 2.75) is 6.04 Å². The molecule has 1 atom stereocenters. The highest BCUT2D eigenvalue weighted by Crippen LogP contribution is 2.44. The lowest BCUT2D eigenvalue weighted by molar-refractivity contribution is -0.132. The van der Waals surface area contributed by atoms with E-state index in [9.17, 15) is 19.8 Å². The summed E-state index contributed by atoms with van der Waals surface area (Å²) in [4.78, 5) is 32.1. The van der Waals surface area contributed by atoms with Gasteiger partial charge in [0.2, 0.25) is 0 Å². The number of aliphatic hydroxyl groups is 1. The molecule has 0 saturated carbocycles. The number of nitrogens with zero attached hydrogens (tertiary/aromatic N) is 2. The monoisotopic (exact) mass is 428 g/mol. The highest BCUT2D eigenvalue weighted by atomic mass is 32.1. The Hall–Kier alpha value is -3.97. The van der Waals surface area contributed by atoms with E-state index in [2.05, 4.69) is 4.98 Å². The zero-order chi connectivity index (χ0) is 21.5. The summed E-state index contributed by atoms with van der Waals surface area (Å²) in [6.07, 6.45) is 0. The molecule has 0 bridgehead atoms. The third kappa shape index (κ3) is 3.15. The van der Waals surface area contributed by atoms with Gasteiger partial charge in [-0.2, -0.15) is 0 Å². The quantitative estimate of drug-likeness (QED) is 0.282. The summed E-state index contributed by atoms with van der Waals surface area (Å²) in [6.45, 7) is 0. The summed E-state index contributed by atoms with van der Waals surface area (Å²) in [7, 11) is 0. The van der Waals surface area contributed by atoms with Crippen LogP contribution >= 0.6 is 11.3 Å². The fourth-order valence-corrected chi connectivity index (χ4v) is 4.71. The molecule has 31 heavy (non-hydrogen) atoms. The van der Waals surface area contributed by atoms with Gasteiger partial charge in [-0.3, -0.25) is 14.5 Å². The number of benzene rings is 3. The molecule has 1 aliphatic rings. The van der Waals surface area contributed by atoms with E-state index < -0.39 is 17.7 Å². The summed E-state index contributed by atoms with van der Waals surface area (Å²) >= 11 is 1.30. The van der Waals surface area contributed by atoms with E-state index in [1.165, 1.54) is 28.4 Å². The standard InChI is InChI=1S/C24H16N2O4S/c27-16-12-10-14(11-13-16)20-19(21(28)15-6-2-1-3-7-15)22(29)23(30)26(20)24-25-17-8-4-5-9-18(17)31-24/h1-13,20,27-28H/b21-19-. The lowest BCUT2D eigenvalue weighted by atomic mass is 9.95. The Morgan fingerprint density at radius 2 is 1.58 bits per heavy atom. The first-order valence-electron chi connectivity index (χ1n) is 9.55. The molecule has 3 aromatic carbocycles. The van der Waals surface area contributed by atoms with E-state index in [1.807, 2.05) is 24.3 Å². The van der Waals surface area contributed by atoms with Crippen molar-refractivity contribution in [2.75, 3.05) is 4.90 Å². The van der Waals surface area contributed by atoms with Gasteiger partial charge in [0.15, 0.2) is 5.13 Å². The lowest BCUT2D eigenvalue weighted by Gasteiger charge is -2.23. The molecule has 2 heterocycles. The molecule has 7 heteroatoms. The molecule has 152 valence electrons. The molecule has 1 amide bonds. The molecule has 0 radical (unpaired) electrons. The van der Waals surface area contributed by atoms with E-state index in [0.29, 0.717) is 16.3 Å². The summed E-state index contributed by atoms with van der Waals surface area (Å²) in [5.74, 6) is -1.72. The van der Waals surface area contributed by atoms with Crippen molar-refractivity contribution < 1.29 is 19.8 Å². The maximum Gasteiger partial charge on any atom is 0.301 e. The van der Waals surface area contributed by atoms with Gasteiger partial charge >= 0.3 is 5.91 Å². The number of ketones is 1. The Balaban J connectivity index is 1.74. The third-order valence-corrected chi connectivity index (χ3v) is 6.22. The minimum absolute atomic E-state index is 0.0128. The van der Waals surface area contributed by atoms with Crippen LogP contribution in [0.1, 0.15) is 17.2 Å². The SMILES string of the molecule is O=C1C(=O)N(c2nc3ccccc3s2)C(c2ccc(O)cc2)/C1=C(/O)c1ccccc1. The number of carbonyl (C=O) groups is 2. The van der Waals surface area contributed by atoms with E-state index in [4.69, 9.17) is 0 Å². The predicted molar refractivity (Wildman–Crippen MR) is 119 cm³/mol. The minimum Gasteiger partial charge on any atom is -0.508 e. The summed E-state index contributed by atoms with van der Waals surface area (Å²) in [6, 6.07) is 21.5. The molecular formula is C24H16N2O4S. The van der Waals surface area contributed by atoms with Crippen molar-refractivity contribution in [3.05, 3.63) is 95.6 Å². The van der Waals surface area contributed by atoms with Crippen LogP contribution in [0.3, 0.4) is 0 Å². The van der Waals surface area contributed by atoms with Gasteiger partial charge in [-0.05, 0) is 29.8 Å². The molecule has 4 aromatic rings. The zero-order valence-electron chi connectivity index (χ0n) is 16.1. The van der Waals surface area contributed by atoms with E-state index in [-0.39, 0.29) is 17.1 Å². The molecule has 1 aromatic heterocycles. The van der Waals surface area contributed by atoms with Crippen LogP contribution in [0, 0.1) is 0 Å². The number of Topliss-reactive ketones (excluding diaryl/α,β-unsaturated/α-hetero) is 1. The van der Waals surface area contributed by atoms with Crippen LogP contribution in [0.25, 0.3) is 16.0 Å². The number of phenolic OH excluding ortho intramolecular Hbond substituents is 1. The lowest BCUT2D eigenvalue weighted by Crippen LogP contribution is -2.29. The topological polar surface area (TPSA) is 90.7 Å². The predicted octanol–water partition coefficient (Wildman–Crippen LogP) is 4.63. The zero-order valence-corrected chi connectivity index (χ0v) is 16.9. The Bertz CT molecular complexity index is 1310. The van der Waals surface area contributed by atoms with E-state index >= 15 is 0 Å². The maximum atomic E-state index is 13.1. The minimum atomic E-state index is -0.874. The fourth-order valence-electron chi connectivity index (χ4n) is 3.72. The molecule has 2 N–H and O–H groups in total.